The minimum atomic E-state index is -0.761. The van der Waals surface area contributed by atoms with Crippen molar-refractivity contribution in [2.75, 3.05) is 33.4 Å². The van der Waals surface area contributed by atoms with Crippen LogP contribution in [-0.2, 0) is 28.6 Å². The van der Waals surface area contributed by atoms with Gasteiger partial charge < -0.3 is 29.0 Å². The summed E-state index contributed by atoms with van der Waals surface area (Å²) in [6.45, 7) is 12.7. The van der Waals surface area contributed by atoms with Gasteiger partial charge in [0.15, 0.2) is 6.29 Å². The summed E-state index contributed by atoms with van der Waals surface area (Å²) in [5.41, 5.74) is 0.982. The number of rotatable bonds is 8. The first-order chi connectivity index (χ1) is 15.5. The van der Waals surface area contributed by atoms with E-state index in [0.29, 0.717) is 19.6 Å². The molecule has 1 aliphatic heterocycles. The van der Waals surface area contributed by atoms with E-state index in [2.05, 4.69) is 39.7 Å². The standard InChI is InChI=1S/C11H21NO4.C7H7Br.C5H10O2.CH2O/c1-12(6-5-10(13)14)7-9-16-11-4-2-3-8-15-11;1-6-2-4-7(8)5-3-6;1-5(2,3)7-4-6;1-2/h11H,2-9H2,1H3,(H,13,14);2-5H,1H3;4H,1-3H3;1H2. The van der Waals surface area contributed by atoms with E-state index in [-0.39, 0.29) is 18.3 Å². The summed E-state index contributed by atoms with van der Waals surface area (Å²) in [6, 6.07) is 8.22. The van der Waals surface area contributed by atoms with Crippen LogP contribution in [0.5, 0.6) is 0 Å². The first-order valence-corrected chi connectivity index (χ1v) is 11.6. The van der Waals surface area contributed by atoms with Crippen molar-refractivity contribution in [3.05, 3.63) is 34.3 Å². The third-order valence-corrected chi connectivity index (χ3v) is 4.56. The highest BCUT2D eigenvalue weighted by molar-refractivity contribution is 9.10. The molecule has 1 N–H and O–H groups in total. The van der Waals surface area contributed by atoms with Gasteiger partial charge in [0.25, 0.3) is 6.47 Å². The number of nitrogens with zero attached hydrogens (tertiary/aromatic N) is 1. The van der Waals surface area contributed by atoms with E-state index in [1.807, 2.05) is 51.6 Å². The van der Waals surface area contributed by atoms with E-state index in [9.17, 15) is 9.59 Å². The topological polar surface area (TPSA) is 102 Å². The van der Waals surface area contributed by atoms with Gasteiger partial charge in [0.05, 0.1) is 13.0 Å². The fraction of sp³-hybridized carbons (Fsp3) is 0.625. The zero-order chi connectivity index (χ0) is 25.7. The van der Waals surface area contributed by atoms with Gasteiger partial charge in [-0.05, 0) is 66.1 Å². The Morgan fingerprint density at radius 3 is 2.24 bits per heavy atom. The van der Waals surface area contributed by atoms with E-state index in [4.69, 9.17) is 19.4 Å². The van der Waals surface area contributed by atoms with Gasteiger partial charge >= 0.3 is 5.97 Å². The zero-order valence-corrected chi connectivity index (χ0v) is 22.1. The van der Waals surface area contributed by atoms with Crippen LogP contribution in [0.15, 0.2) is 28.7 Å². The van der Waals surface area contributed by atoms with Crippen LogP contribution in [0.3, 0.4) is 0 Å². The number of carbonyl (C=O) groups is 3. The minimum Gasteiger partial charge on any atom is -0.481 e. The lowest BCUT2D eigenvalue weighted by atomic mass is 10.2. The maximum atomic E-state index is 10.3. The average Bonchev–Trinajstić information content (AvgIpc) is 2.77. The average molecular weight is 534 g/mol. The molecule has 33 heavy (non-hydrogen) atoms. The Balaban J connectivity index is 0. The van der Waals surface area contributed by atoms with Crippen LogP contribution in [-0.4, -0.2) is 74.5 Å². The lowest BCUT2D eigenvalue weighted by molar-refractivity contribution is -0.164. The Morgan fingerprint density at radius 1 is 1.24 bits per heavy atom. The van der Waals surface area contributed by atoms with Gasteiger partial charge in [-0.2, -0.15) is 0 Å². The Bertz CT molecular complexity index is 593. The predicted molar refractivity (Wildman–Crippen MR) is 132 cm³/mol. The maximum absolute atomic E-state index is 10.3. The number of hydrogen-bond donors (Lipinski definition) is 1. The molecule has 1 aliphatic rings. The normalized spacial score (nSPS) is 14.9. The molecule has 0 aromatic heterocycles. The first kappa shape index (κ1) is 33.4. The predicted octanol–water partition coefficient (Wildman–Crippen LogP) is 4.47. The van der Waals surface area contributed by atoms with Crippen molar-refractivity contribution in [1.29, 1.82) is 0 Å². The molecule has 9 heteroatoms. The Labute approximate surface area is 206 Å². The third kappa shape index (κ3) is 24.7. The molecule has 0 saturated carbocycles. The molecule has 1 unspecified atom stereocenters. The number of halogens is 1. The lowest BCUT2D eigenvalue weighted by Gasteiger charge is -2.24. The SMILES string of the molecule is C=O.CC(C)(C)OC=O.CN(CCOC1CCCCO1)CCC(=O)O.Cc1ccc(Br)cc1. The molecule has 1 saturated heterocycles. The number of hydrogen-bond acceptors (Lipinski definition) is 7. The van der Waals surface area contributed by atoms with Crippen molar-refractivity contribution in [3.8, 4) is 0 Å². The van der Waals surface area contributed by atoms with Gasteiger partial charge in [-0.1, -0.05) is 33.6 Å². The van der Waals surface area contributed by atoms with Gasteiger partial charge in [0.1, 0.15) is 12.4 Å². The van der Waals surface area contributed by atoms with E-state index >= 15 is 0 Å². The van der Waals surface area contributed by atoms with Gasteiger partial charge in [-0.25, -0.2) is 0 Å². The molecule has 0 aliphatic carbocycles. The number of carbonyl (C=O) groups excluding carboxylic acids is 2. The third-order valence-electron chi connectivity index (χ3n) is 4.03. The van der Waals surface area contributed by atoms with Crippen molar-refractivity contribution < 1.29 is 33.7 Å². The summed E-state index contributed by atoms with van der Waals surface area (Å²) >= 11 is 3.35. The highest BCUT2D eigenvalue weighted by atomic mass is 79.9. The molecular weight excluding hydrogens is 494 g/mol. The van der Waals surface area contributed by atoms with Crippen LogP contribution in [0.2, 0.25) is 0 Å². The second-order valence-electron chi connectivity index (χ2n) is 8.24. The number of ether oxygens (including phenoxy) is 3. The van der Waals surface area contributed by atoms with E-state index in [0.717, 1.165) is 30.5 Å². The quantitative estimate of drug-likeness (QED) is 0.488. The van der Waals surface area contributed by atoms with Crippen molar-refractivity contribution in [3.63, 3.8) is 0 Å². The molecule has 0 amide bonds. The van der Waals surface area contributed by atoms with Crippen molar-refractivity contribution in [1.82, 2.24) is 4.90 Å². The van der Waals surface area contributed by atoms with E-state index in [1.54, 1.807) is 0 Å². The number of aryl methyl sites for hydroxylation is 1. The van der Waals surface area contributed by atoms with Crippen molar-refractivity contribution in [2.24, 2.45) is 0 Å². The number of carboxylic acid groups (broad SMARTS) is 1. The van der Waals surface area contributed by atoms with Crippen molar-refractivity contribution in [2.45, 2.75) is 65.3 Å². The molecule has 0 bridgehead atoms. The molecule has 190 valence electrons. The molecule has 1 aromatic carbocycles. The highest BCUT2D eigenvalue weighted by Crippen LogP contribution is 2.13. The van der Waals surface area contributed by atoms with Gasteiger partial charge in [-0.15, -0.1) is 0 Å². The van der Waals surface area contributed by atoms with Gasteiger partial charge in [0, 0.05) is 24.2 Å². The van der Waals surface area contributed by atoms with Crippen LogP contribution in [0.1, 0.15) is 52.0 Å². The maximum Gasteiger partial charge on any atom is 0.304 e. The van der Waals surface area contributed by atoms with Crippen LogP contribution in [0.4, 0.5) is 0 Å². The Kier molecular flexibility index (Phi) is 21.0. The summed E-state index contributed by atoms with van der Waals surface area (Å²) in [5, 5.41) is 8.51. The summed E-state index contributed by atoms with van der Waals surface area (Å²) in [7, 11) is 1.90. The monoisotopic (exact) mass is 533 g/mol. The number of aliphatic carboxylic acids is 1. The molecule has 0 radical (unpaired) electrons. The van der Waals surface area contributed by atoms with Gasteiger partial charge in [-0.3, -0.25) is 9.59 Å². The van der Waals surface area contributed by atoms with Crippen molar-refractivity contribution >= 4 is 35.2 Å². The lowest BCUT2D eigenvalue weighted by Crippen LogP contribution is -2.29. The van der Waals surface area contributed by atoms with E-state index in [1.165, 1.54) is 12.0 Å². The molecule has 1 aromatic rings. The molecule has 1 heterocycles. The molecular formula is C24H40BrNO7. The summed E-state index contributed by atoms with van der Waals surface area (Å²) in [5.74, 6) is -0.761. The Morgan fingerprint density at radius 2 is 1.85 bits per heavy atom. The summed E-state index contributed by atoms with van der Waals surface area (Å²) < 4.78 is 16.7. The number of likely N-dealkylation sites (N-methyl/N-ethyl adjacent to an activating group) is 1. The number of carboxylic acids is 1. The smallest absolute Gasteiger partial charge is 0.304 e. The van der Waals surface area contributed by atoms with Crippen LogP contribution < -0.4 is 0 Å². The fourth-order valence-corrected chi connectivity index (χ4v) is 2.52. The Hall–Kier alpha value is -1.81. The largest absolute Gasteiger partial charge is 0.481 e. The van der Waals surface area contributed by atoms with Crippen LogP contribution in [0.25, 0.3) is 0 Å². The van der Waals surface area contributed by atoms with E-state index < -0.39 is 5.97 Å². The molecule has 8 nitrogen and oxygen atoms in total. The fourth-order valence-electron chi connectivity index (χ4n) is 2.26. The summed E-state index contributed by atoms with van der Waals surface area (Å²) in [4.78, 5) is 29.9. The second kappa shape index (κ2) is 20.8. The molecule has 0 spiro atoms. The molecule has 2 rings (SSSR count). The van der Waals surface area contributed by atoms with Gasteiger partial charge in [0.2, 0.25) is 0 Å². The summed E-state index contributed by atoms with van der Waals surface area (Å²) in [6.07, 6.45) is 3.38. The zero-order valence-electron chi connectivity index (χ0n) is 20.5. The highest BCUT2D eigenvalue weighted by Gasteiger charge is 2.14. The molecule has 1 atom stereocenters. The molecule has 1 fully saturated rings. The van der Waals surface area contributed by atoms with Crippen LogP contribution in [0, 0.1) is 6.92 Å². The van der Waals surface area contributed by atoms with Crippen LogP contribution >= 0.6 is 15.9 Å². The first-order valence-electron chi connectivity index (χ1n) is 10.8. The second-order valence-corrected chi connectivity index (χ2v) is 9.15. The minimum absolute atomic E-state index is 0.0541. The number of benzene rings is 1.